The fraction of sp³-hybridized carbons (Fsp3) is 0.812. The molecule has 3 rings (SSSR count). The van der Waals surface area contributed by atoms with Crippen LogP contribution >= 0.6 is 0 Å². The van der Waals surface area contributed by atoms with Crippen LogP contribution in [0.4, 0.5) is 0 Å². The standard InChI is InChI=1S/C16H25NO/c1-2-3-11-8-9-17-15-7-4-12-10-13(18)5-6-14(12)16(11)15/h12,14-15,17H,2-10H2,1H3/t12-,14-,15?/m1/s1. The zero-order valence-electron chi connectivity index (χ0n) is 11.5. The van der Waals surface area contributed by atoms with Crippen molar-refractivity contribution in [3.05, 3.63) is 11.1 Å². The van der Waals surface area contributed by atoms with Crippen molar-refractivity contribution < 1.29 is 4.79 Å². The Kier molecular flexibility index (Phi) is 3.56. The van der Waals surface area contributed by atoms with Crippen molar-refractivity contribution in [3.8, 4) is 0 Å². The van der Waals surface area contributed by atoms with E-state index in [2.05, 4.69) is 12.2 Å². The van der Waals surface area contributed by atoms with E-state index in [0.717, 1.165) is 25.2 Å². The summed E-state index contributed by atoms with van der Waals surface area (Å²) in [6, 6.07) is 0.648. The second-order valence-electron chi connectivity index (χ2n) is 6.29. The topological polar surface area (TPSA) is 29.1 Å². The molecule has 0 radical (unpaired) electrons. The minimum atomic E-state index is 0.510. The van der Waals surface area contributed by atoms with Gasteiger partial charge in [0, 0.05) is 18.9 Å². The van der Waals surface area contributed by atoms with E-state index in [-0.39, 0.29) is 0 Å². The maximum Gasteiger partial charge on any atom is 0.133 e. The smallest absolute Gasteiger partial charge is 0.133 e. The highest BCUT2D eigenvalue weighted by Crippen LogP contribution is 2.45. The minimum Gasteiger partial charge on any atom is -0.310 e. The van der Waals surface area contributed by atoms with Crippen LogP contribution in [0.15, 0.2) is 11.1 Å². The van der Waals surface area contributed by atoms with Crippen LogP contribution in [0, 0.1) is 11.8 Å². The molecule has 100 valence electrons. The van der Waals surface area contributed by atoms with Crippen LogP contribution in [0.5, 0.6) is 0 Å². The molecular weight excluding hydrogens is 222 g/mol. The van der Waals surface area contributed by atoms with Crippen molar-refractivity contribution >= 4 is 5.78 Å². The summed E-state index contributed by atoms with van der Waals surface area (Å²) in [4.78, 5) is 11.7. The molecule has 2 aliphatic carbocycles. The van der Waals surface area contributed by atoms with Gasteiger partial charge in [-0.3, -0.25) is 4.79 Å². The number of Topliss-reactive ketones (excluding diaryl/α,β-unsaturated/α-hetero) is 1. The molecule has 2 saturated carbocycles. The number of fused-ring (bicyclic) bond motifs is 3. The van der Waals surface area contributed by atoms with Gasteiger partial charge in [0.25, 0.3) is 0 Å². The normalized spacial score (nSPS) is 36.3. The molecule has 2 heteroatoms. The van der Waals surface area contributed by atoms with Crippen molar-refractivity contribution in [2.75, 3.05) is 6.54 Å². The molecule has 18 heavy (non-hydrogen) atoms. The Labute approximate surface area is 110 Å². The number of hydrogen-bond donors (Lipinski definition) is 1. The van der Waals surface area contributed by atoms with Gasteiger partial charge in [-0.05, 0) is 50.5 Å². The first kappa shape index (κ1) is 12.4. The molecule has 1 aliphatic heterocycles. The van der Waals surface area contributed by atoms with Gasteiger partial charge in [0.1, 0.15) is 5.78 Å². The largest absolute Gasteiger partial charge is 0.310 e. The van der Waals surface area contributed by atoms with Gasteiger partial charge in [0.15, 0.2) is 0 Å². The molecule has 3 atom stereocenters. The summed E-state index contributed by atoms with van der Waals surface area (Å²) in [5.41, 5.74) is 3.48. The van der Waals surface area contributed by atoms with Crippen LogP contribution < -0.4 is 5.32 Å². The SMILES string of the molecule is CCCC1=C2C(CC[C@@H]3CC(=O)CC[C@@H]23)NCC1. The van der Waals surface area contributed by atoms with Gasteiger partial charge >= 0.3 is 0 Å². The predicted molar refractivity (Wildman–Crippen MR) is 73.4 cm³/mol. The molecule has 0 saturated heterocycles. The van der Waals surface area contributed by atoms with Gasteiger partial charge in [-0.2, -0.15) is 0 Å². The van der Waals surface area contributed by atoms with E-state index in [0.29, 0.717) is 17.7 Å². The van der Waals surface area contributed by atoms with Gasteiger partial charge in [-0.15, -0.1) is 0 Å². The summed E-state index contributed by atoms with van der Waals surface area (Å²) in [7, 11) is 0. The average molecular weight is 247 g/mol. The van der Waals surface area contributed by atoms with Crippen LogP contribution in [-0.4, -0.2) is 18.4 Å². The lowest BCUT2D eigenvalue weighted by Gasteiger charge is -2.45. The number of hydrogen-bond acceptors (Lipinski definition) is 2. The molecule has 1 unspecified atom stereocenters. The zero-order chi connectivity index (χ0) is 12.5. The lowest BCUT2D eigenvalue weighted by Crippen LogP contribution is -2.45. The zero-order valence-corrected chi connectivity index (χ0v) is 11.5. The van der Waals surface area contributed by atoms with E-state index in [4.69, 9.17) is 0 Å². The summed E-state index contributed by atoms with van der Waals surface area (Å²) in [5, 5.41) is 3.71. The van der Waals surface area contributed by atoms with Crippen molar-refractivity contribution in [1.82, 2.24) is 5.32 Å². The maximum absolute atomic E-state index is 11.7. The molecule has 1 N–H and O–H groups in total. The number of ketones is 1. The first-order valence-corrected chi connectivity index (χ1v) is 7.76. The summed E-state index contributed by atoms with van der Waals surface area (Å²) in [6.45, 7) is 3.45. The van der Waals surface area contributed by atoms with E-state index in [1.54, 1.807) is 11.1 Å². The summed E-state index contributed by atoms with van der Waals surface area (Å²) < 4.78 is 0. The molecule has 2 fully saturated rings. The summed E-state index contributed by atoms with van der Waals surface area (Å²) >= 11 is 0. The first-order valence-electron chi connectivity index (χ1n) is 7.76. The van der Waals surface area contributed by atoms with Crippen LogP contribution in [0.25, 0.3) is 0 Å². The van der Waals surface area contributed by atoms with Gasteiger partial charge in [-0.1, -0.05) is 24.5 Å². The lowest BCUT2D eigenvalue weighted by molar-refractivity contribution is -0.122. The fourth-order valence-electron chi connectivity index (χ4n) is 4.43. The number of carbonyl (C=O) groups is 1. The van der Waals surface area contributed by atoms with E-state index >= 15 is 0 Å². The maximum atomic E-state index is 11.7. The molecule has 0 aromatic heterocycles. The molecular formula is C16H25NO. The number of rotatable bonds is 2. The molecule has 1 heterocycles. The van der Waals surface area contributed by atoms with E-state index < -0.39 is 0 Å². The second-order valence-corrected chi connectivity index (χ2v) is 6.29. The van der Waals surface area contributed by atoms with E-state index in [1.807, 2.05) is 0 Å². The monoisotopic (exact) mass is 247 g/mol. The predicted octanol–water partition coefficient (Wildman–Crippen LogP) is 3.22. The van der Waals surface area contributed by atoms with E-state index in [9.17, 15) is 4.79 Å². The van der Waals surface area contributed by atoms with E-state index in [1.165, 1.54) is 38.6 Å². The second kappa shape index (κ2) is 5.16. The van der Waals surface area contributed by atoms with Gasteiger partial charge in [-0.25, -0.2) is 0 Å². The van der Waals surface area contributed by atoms with Gasteiger partial charge in [0.2, 0.25) is 0 Å². The molecule has 0 amide bonds. The third kappa shape index (κ3) is 2.16. The Bertz CT molecular complexity index is 371. The summed E-state index contributed by atoms with van der Waals surface area (Å²) in [5.74, 6) is 1.91. The average Bonchev–Trinajstić information content (AvgIpc) is 2.38. The van der Waals surface area contributed by atoms with Crippen molar-refractivity contribution in [3.63, 3.8) is 0 Å². The highest BCUT2D eigenvalue weighted by atomic mass is 16.1. The van der Waals surface area contributed by atoms with Crippen molar-refractivity contribution in [2.45, 2.75) is 64.3 Å². The van der Waals surface area contributed by atoms with Crippen LogP contribution in [0.1, 0.15) is 58.3 Å². The Hall–Kier alpha value is -0.630. The van der Waals surface area contributed by atoms with Crippen LogP contribution in [-0.2, 0) is 4.79 Å². The Morgan fingerprint density at radius 1 is 1.22 bits per heavy atom. The van der Waals surface area contributed by atoms with Crippen molar-refractivity contribution in [1.29, 1.82) is 0 Å². The molecule has 0 bridgehead atoms. The molecule has 2 nitrogen and oxygen atoms in total. The van der Waals surface area contributed by atoms with Gasteiger partial charge in [0.05, 0.1) is 0 Å². The number of nitrogens with one attached hydrogen (secondary N) is 1. The van der Waals surface area contributed by atoms with Gasteiger partial charge < -0.3 is 5.32 Å². The Morgan fingerprint density at radius 2 is 2.11 bits per heavy atom. The Morgan fingerprint density at radius 3 is 2.94 bits per heavy atom. The first-order chi connectivity index (χ1) is 8.79. The molecule has 0 aromatic rings. The quantitative estimate of drug-likeness (QED) is 0.759. The lowest BCUT2D eigenvalue weighted by atomic mass is 9.64. The third-order valence-corrected chi connectivity index (χ3v) is 5.17. The van der Waals surface area contributed by atoms with Crippen LogP contribution in [0.2, 0.25) is 0 Å². The van der Waals surface area contributed by atoms with Crippen LogP contribution in [0.3, 0.4) is 0 Å². The third-order valence-electron chi connectivity index (χ3n) is 5.17. The highest BCUT2D eigenvalue weighted by molar-refractivity contribution is 5.79. The molecule has 3 aliphatic rings. The Balaban J connectivity index is 1.89. The highest BCUT2D eigenvalue weighted by Gasteiger charge is 2.40. The molecule has 0 aromatic carbocycles. The van der Waals surface area contributed by atoms with Crippen molar-refractivity contribution in [2.24, 2.45) is 11.8 Å². The minimum absolute atomic E-state index is 0.510. The molecule has 0 spiro atoms. The summed E-state index contributed by atoms with van der Waals surface area (Å²) in [6.07, 6.45) is 9.14. The number of carbonyl (C=O) groups excluding carboxylic acids is 1. The fourth-order valence-corrected chi connectivity index (χ4v) is 4.43.